The first-order valence-electron chi connectivity index (χ1n) is 12.1. The van der Waals surface area contributed by atoms with Crippen LogP contribution in [0.3, 0.4) is 0 Å². The van der Waals surface area contributed by atoms with Crippen molar-refractivity contribution in [1.82, 2.24) is 9.55 Å². The van der Waals surface area contributed by atoms with Crippen LogP contribution in [0.25, 0.3) is 16.6 Å². The summed E-state index contributed by atoms with van der Waals surface area (Å²) in [5.41, 5.74) is -1.39. The molecule has 0 bridgehead atoms. The molecule has 4 rings (SSSR count). The first-order valence-corrected chi connectivity index (χ1v) is 13.1. The Bertz CT molecular complexity index is 1620. The van der Waals surface area contributed by atoms with E-state index in [9.17, 15) is 22.8 Å². The fourth-order valence-corrected chi connectivity index (χ4v) is 5.04. The minimum absolute atomic E-state index is 0.00459. The highest BCUT2D eigenvalue weighted by Gasteiger charge is 2.34. The van der Waals surface area contributed by atoms with Crippen molar-refractivity contribution >= 4 is 34.3 Å². The lowest BCUT2D eigenvalue weighted by atomic mass is 10.1. The summed E-state index contributed by atoms with van der Waals surface area (Å²) in [6, 6.07) is 12.5. The van der Waals surface area contributed by atoms with Gasteiger partial charge in [0.1, 0.15) is 5.75 Å². The molecule has 13 heteroatoms. The van der Waals surface area contributed by atoms with Gasteiger partial charge in [-0.25, -0.2) is 4.98 Å². The van der Waals surface area contributed by atoms with Crippen LogP contribution in [0.2, 0.25) is 0 Å². The van der Waals surface area contributed by atoms with Crippen molar-refractivity contribution in [2.45, 2.75) is 17.8 Å². The smallest absolute Gasteiger partial charge is 0.418 e. The fourth-order valence-electron chi connectivity index (χ4n) is 4.10. The summed E-state index contributed by atoms with van der Waals surface area (Å²) in [4.78, 5) is 30.8. The minimum atomic E-state index is -4.72. The molecular formula is C28H26F3N3O6S. The van der Waals surface area contributed by atoms with E-state index in [2.05, 4.69) is 10.3 Å². The Morgan fingerprint density at radius 3 is 2.24 bits per heavy atom. The van der Waals surface area contributed by atoms with Crippen LogP contribution in [0.1, 0.15) is 12.0 Å². The molecule has 216 valence electrons. The Hall–Kier alpha value is -4.39. The van der Waals surface area contributed by atoms with Gasteiger partial charge in [-0.15, -0.1) is 0 Å². The molecular weight excluding hydrogens is 563 g/mol. The first-order chi connectivity index (χ1) is 19.6. The van der Waals surface area contributed by atoms with E-state index < -0.39 is 17.3 Å². The molecule has 0 fully saturated rings. The molecule has 0 atom stereocenters. The highest BCUT2D eigenvalue weighted by molar-refractivity contribution is 7.99. The summed E-state index contributed by atoms with van der Waals surface area (Å²) in [5.74, 6) is 1.14. The van der Waals surface area contributed by atoms with Crippen molar-refractivity contribution in [1.29, 1.82) is 0 Å². The van der Waals surface area contributed by atoms with Crippen molar-refractivity contribution in [2.75, 3.05) is 39.5 Å². The maximum Gasteiger partial charge on any atom is 0.418 e. The Kier molecular flexibility index (Phi) is 8.96. The molecule has 1 aromatic heterocycles. The second kappa shape index (κ2) is 12.4. The summed E-state index contributed by atoms with van der Waals surface area (Å²) in [6.07, 6.45) is -4.76. The molecule has 0 aliphatic heterocycles. The number of methoxy groups -OCH3 is 4. The van der Waals surface area contributed by atoms with Crippen LogP contribution < -0.4 is 29.8 Å². The second-order valence-corrected chi connectivity index (χ2v) is 9.56. The Labute approximate surface area is 237 Å². The number of ether oxygens (including phenoxy) is 4. The van der Waals surface area contributed by atoms with Crippen molar-refractivity contribution < 1.29 is 36.9 Å². The maximum absolute atomic E-state index is 13.9. The summed E-state index contributed by atoms with van der Waals surface area (Å²) in [6.45, 7) is 0. The molecule has 1 N–H and O–H groups in total. The monoisotopic (exact) mass is 589 g/mol. The van der Waals surface area contributed by atoms with Crippen LogP contribution in [0.4, 0.5) is 18.9 Å². The molecule has 0 unspecified atom stereocenters. The van der Waals surface area contributed by atoms with E-state index in [-0.39, 0.29) is 39.8 Å². The Morgan fingerprint density at radius 1 is 0.951 bits per heavy atom. The van der Waals surface area contributed by atoms with Gasteiger partial charge < -0.3 is 24.3 Å². The van der Waals surface area contributed by atoms with Crippen molar-refractivity contribution in [3.05, 3.63) is 70.5 Å². The molecule has 0 spiro atoms. The molecule has 0 aliphatic carbocycles. The number of halogens is 3. The lowest BCUT2D eigenvalue weighted by Crippen LogP contribution is -2.25. The third-order valence-electron chi connectivity index (χ3n) is 6.00. The number of aromatic nitrogens is 2. The fraction of sp³-hybridized carbons (Fsp3) is 0.250. The van der Waals surface area contributed by atoms with Crippen LogP contribution in [0.15, 0.2) is 64.5 Å². The summed E-state index contributed by atoms with van der Waals surface area (Å²) >= 11 is 0.983. The highest BCUT2D eigenvalue weighted by Crippen LogP contribution is 2.40. The van der Waals surface area contributed by atoms with Gasteiger partial charge in [0.2, 0.25) is 11.7 Å². The van der Waals surface area contributed by atoms with Gasteiger partial charge >= 0.3 is 6.18 Å². The molecule has 0 aliphatic rings. The van der Waals surface area contributed by atoms with Crippen molar-refractivity contribution in [3.8, 4) is 28.7 Å². The summed E-state index contributed by atoms with van der Waals surface area (Å²) < 4.78 is 63.7. The van der Waals surface area contributed by atoms with Crippen LogP contribution in [0.5, 0.6) is 23.0 Å². The van der Waals surface area contributed by atoms with Crippen molar-refractivity contribution in [2.24, 2.45) is 0 Å². The van der Waals surface area contributed by atoms with E-state index in [0.717, 1.165) is 22.4 Å². The SMILES string of the molecule is COc1ccc2nc(SCCC(=O)Nc3cc(OC)c(OC)c(OC)c3)n(-c3ccccc3C(F)(F)F)c(=O)c2c1. The number of nitrogens with one attached hydrogen (secondary N) is 1. The standard InChI is InChI=1S/C28H26F3N3O6S/c1-37-17-9-10-20-18(15-17)26(36)34(21-8-6-5-7-19(21)28(29,30)31)27(33-20)41-12-11-24(35)32-16-13-22(38-2)25(40-4)23(14-16)39-3/h5-10,13-15H,11-12H2,1-4H3,(H,32,35). The van der Waals surface area contributed by atoms with Gasteiger partial charge in [-0.2, -0.15) is 13.2 Å². The van der Waals surface area contributed by atoms with Crippen LogP contribution in [0, 0.1) is 0 Å². The predicted molar refractivity (Wildman–Crippen MR) is 149 cm³/mol. The van der Waals surface area contributed by atoms with E-state index in [1.807, 2.05) is 0 Å². The molecule has 0 radical (unpaired) electrons. The highest BCUT2D eigenvalue weighted by atomic mass is 32.2. The largest absolute Gasteiger partial charge is 0.497 e. The van der Waals surface area contributed by atoms with E-state index in [4.69, 9.17) is 18.9 Å². The summed E-state index contributed by atoms with van der Waals surface area (Å²) in [5, 5.41) is 2.83. The number of anilines is 1. The number of rotatable bonds is 10. The van der Waals surface area contributed by atoms with Crippen molar-refractivity contribution in [3.63, 3.8) is 0 Å². The van der Waals surface area contributed by atoms with E-state index in [1.54, 1.807) is 24.3 Å². The van der Waals surface area contributed by atoms with E-state index in [1.165, 1.54) is 52.7 Å². The number of nitrogens with zero attached hydrogens (tertiary/aromatic N) is 2. The number of fused-ring (bicyclic) bond motifs is 1. The molecule has 41 heavy (non-hydrogen) atoms. The molecule has 4 aromatic rings. The number of benzene rings is 3. The van der Waals surface area contributed by atoms with Gasteiger partial charge in [-0.3, -0.25) is 14.2 Å². The van der Waals surface area contributed by atoms with Crippen LogP contribution in [-0.4, -0.2) is 49.7 Å². The molecule has 0 saturated carbocycles. The molecule has 3 aromatic carbocycles. The minimum Gasteiger partial charge on any atom is -0.497 e. The number of para-hydroxylation sites is 1. The van der Waals surface area contributed by atoms with Gasteiger partial charge in [0.15, 0.2) is 16.7 Å². The van der Waals surface area contributed by atoms with Gasteiger partial charge in [0.05, 0.1) is 50.6 Å². The normalized spacial score (nSPS) is 11.3. The van der Waals surface area contributed by atoms with Gasteiger partial charge in [0, 0.05) is 30.0 Å². The van der Waals surface area contributed by atoms with Crippen LogP contribution >= 0.6 is 11.8 Å². The predicted octanol–water partition coefficient (Wildman–Crippen LogP) is 5.56. The van der Waals surface area contributed by atoms with E-state index in [0.29, 0.717) is 28.7 Å². The zero-order valence-corrected chi connectivity index (χ0v) is 23.3. The molecule has 9 nitrogen and oxygen atoms in total. The number of alkyl halides is 3. The number of thioether (sulfide) groups is 1. The van der Waals surface area contributed by atoms with Gasteiger partial charge in [0.25, 0.3) is 5.56 Å². The Morgan fingerprint density at radius 2 is 1.63 bits per heavy atom. The van der Waals surface area contributed by atoms with Gasteiger partial charge in [-0.05, 0) is 30.3 Å². The second-order valence-electron chi connectivity index (χ2n) is 8.49. The molecule has 1 heterocycles. The number of carbonyl (C=O) groups excluding carboxylic acids is 1. The lowest BCUT2D eigenvalue weighted by molar-refractivity contribution is -0.137. The lowest BCUT2D eigenvalue weighted by Gasteiger charge is -2.18. The molecule has 1 amide bonds. The number of amides is 1. The number of carbonyl (C=O) groups is 1. The average Bonchev–Trinajstić information content (AvgIpc) is 2.96. The quantitative estimate of drug-likeness (QED) is 0.190. The number of hydrogen-bond donors (Lipinski definition) is 1. The number of hydrogen-bond acceptors (Lipinski definition) is 8. The molecule has 0 saturated heterocycles. The van der Waals surface area contributed by atoms with Gasteiger partial charge in [-0.1, -0.05) is 23.9 Å². The first kappa shape index (κ1) is 29.6. The third kappa shape index (κ3) is 6.35. The zero-order chi connectivity index (χ0) is 29.7. The van der Waals surface area contributed by atoms with E-state index >= 15 is 0 Å². The third-order valence-corrected chi connectivity index (χ3v) is 6.94. The zero-order valence-electron chi connectivity index (χ0n) is 22.5. The maximum atomic E-state index is 13.9. The van der Waals surface area contributed by atoms with Crippen LogP contribution in [-0.2, 0) is 11.0 Å². The topological polar surface area (TPSA) is 101 Å². The summed E-state index contributed by atoms with van der Waals surface area (Å²) in [7, 11) is 5.77. The Balaban J connectivity index is 1.65. The average molecular weight is 590 g/mol.